The fourth-order valence-corrected chi connectivity index (χ4v) is 10.9. The summed E-state index contributed by atoms with van der Waals surface area (Å²) < 4.78 is 9.17. The molecule has 1 aliphatic rings. The molecule has 5 heteroatoms. The van der Waals surface area contributed by atoms with E-state index in [4.69, 9.17) is 14.4 Å². The average Bonchev–Trinajstić information content (AvgIpc) is 3.96. The number of nitrogens with one attached hydrogen (secondary N) is 1. The van der Waals surface area contributed by atoms with Gasteiger partial charge in [-0.25, -0.2) is 9.98 Å². The van der Waals surface area contributed by atoms with E-state index in [-0.39, 0.29) is 6.17 Å². The third kappa shape index (κ3) is 6.60. The molecule has 2 aromatic heterocycles. The first-order chi connectivity index (χ1) is 32.7. The van der Waals surface area contributed by atoms with Crippen LogP contribution in [0.25, 0.3) is 97.4 Å². The lowest BCUT2D eigenvalue weighted by Crippen LogP contribution is -2.33. The smallest absolute Gasteiger partial charge is 0.159 e. The predicted molar refractivity (Wildman–Crippen MR) is 278 cm³/mol. The van der Waals surface area contributed by atoms with E-state index in [2.05, 4.69) is 212 Å². The molecule has 1 unspecified atom stereocenters. The van der Waals surface area contributed by atoms with Crippen LogP contribution in [0.3, 0.4) is 0 Å². The van der Waals surface area contributed by atoms with Gasteiger partial charge in [-0.3, -0.25) is 0 Å². The van der Waals surface area contributed by atoms with Crippen LogP contribution in [0.1, 0.15) is 22.9 Å². The van der Waals surface area contributed by atoms with Crippen molar-refractivity contribution in [1.82, 2.24) is 5.32 Å². The summed E-state index contributed by atoms with van der Waals surface area (Å²) in [6.07, 6.45) is -0.332. The zero-order valence-corrected chi connectivity index (χ0v) is 36.5. The van der Waals surface area contributed by atoms with Crippen LogP contribution in [-0.4, -0.2) is 11.7 Å². The number of hydrogen-bond acceptors (Lipinski definition) is 5. The second-order valence-electron chi connectivity index (χ2n) is 16.9. The van der Waals surface area contributed by atoms with E-state index in [1.807, 2.05) is 29.5 Å². The summed E-state index contributed by atoms with van der Waals surface area (Å²) in [4.78, 5) is 10.5. The van der Waals surface area contributed by atoms with Crippen molar-refractivity contribution in [3.63, 3.8) is 0 Å². The molecule has 1 atom stereocenters. The molecule has 0 fully saturated rings. The molecule has 13 rings (SSSR count). The molecule has 10 aromatic carbocycles. The molecule has 0 amide bonds. The van der Waals surface area contributed by atoms with Crippen molar-refractivity contribution < 1.29 is 4.42 Å². The molecule has 4 nitrogen and oxygen atoms in total. The van der Waals surface area contributed by atoms with Gasteiger partial charge in [0.2, 0.25) is 0 Å². The third-order valence-corrected chi connectivity index (χ3v) is 14.2. The van der Waals surface area contributed by atoms with Gasteiger partial charge >= 0.3 is 0 Å². The van der Waals surface area contributed by atoms with Gasteiger partial charge in [-0.15, -0.1) is 11.3 Å². The van der Waals surface area contributed by atoms with E-state index >= 15 is 0 Å². The van der Waals surface area contributed by atoms with Gasteiger partial charge in [0.1, 0.15) is 23.2 Å². The van der Waals surface area contributed by atoms with Crippen LogP contribution in [0, 0.1) is 0 Å². The number of hydrogen-bond donors (Lipinski definition) is 1. The predicted octanol–water partition coefficient (Wildman–Crippen LogP) is 16.3. The third-order valence-electron chi connectivity index (χ3n) is 13.0. The second kappa shape index (κ2) is 15.7. The summed E-state index contributed by atoms with van der Waals surface area (Å²) in [6, 6.07) is 80.0. The first kappa shape index (κ1) is 38.1. The highest BCUT2D eigenvalue weighted by atomic mass is 32.1. The maximum absolute atomic E-state index is 6.67. The van der Waals surface area contributed by atoms with Gasteiger partial charge in [0, 0.05) is 53.2 Å². The summed E-state index contributed by atoms with van der Waals surface area (Å²) in [5, 5.41) is 10.8. The lowest BCUT2D eigenvalue weighted by atomic mass is 9.89. The first-order valence-corrected chi connectivity index (χ1v) is 23.1. The molecule has 310 valence electrons. The second-order valence-corrected chi connectivity index (χ2v) is 18.0. The Hall–Kier alpha value is -8.38. The number of aliphatic imine (C=N–C) groups is 2. The van der Waals surface area contributed by atoms with Crippen molar-refractivity contribution in [3.8, 4) is 44.5 Å². The maximum atomic E-state index is 6.67. The topological polar surface area (TPSA) is 49.9 Å². The zero-order valence-electron chi connectivity index (χ0n) is 35.7. The number of rotatable bonds is 7. The van der Waals surface area contributed by atoms with E-state index < -0.39 is 0 Å². The fraction of sp³-hybridized carbons (Fsp3) is 0.0164. The van der Waals surface area contributed by atoms with E-state index in [1.54, 1.807) is 0 Å². The first-order valence-electron chi connectivity index (χ1n) is 22.3. The molecule has 0 bridgehead atoms. The molecule has 0 saturated carbocycles. The SMILES string of the molecule is c1ccc(C2=NC(c3cccc4c3sc3ccccc34)NC(c3ccc(-c4c(-c5ccc(-c6ccc(-c7ccccc7)cc6)cc5)ccc5oc6cc7ccccc7cc6c45)cc3)=N2)cc1. The van der Waals surface area contributed by atoms with Crippen molar-refractivity contribution in [2.75, 3.05) is 0 Å². The molecule has 3 heterocycles. The molecule has 66 heavy (non-hydrogen) atoms. The maximum Gasteiger partial charge on any atom is 0.159 e. The number of thiophene rings is 1. The molecule has 0 aliphatic carbocycles. The highest BCUT2D eigenvalue weighted by Gasteiger charge is 2.25. The van der Waals surface area contributed by atoms with Crippen LogP contribution in [0.2, 0.25) is 0 Å². The molecular formula is C61H39N3OS. The summed E-state index contributed by atoms with van der Waals surface area (Å²) in [5.41, 5.74) is 14.1. The van der Waals surface area contributed by atoms with Crippen LogP contribution in [0.15, 0.2) is 239 Å². The van der Waals surface area contributed by atoms with Gasteiger partial charge in [-0.05, 0) is 74.0 Å². The number of fused-ring (bicyclic) bond motifs is 7. The average molecular weight is 862 g/mol. The van der Waals surface area contributed by atoms with E-state index in [1.165, 1.54) is 47.8 Å². The normalized spacial score (nSPS) is 13.9. The minimum atomic E-state index is -0.332. The largest absolute Gasteiger partial charge is 0.456 e. The highest BCUT2D eigenvalue weighted by molar-refractivity contribution is 7.26. The van der Waals surface area contributed by atoms with E-state index in [0.29, 0.717) is 5.84 Å². The Kier molecular flexibility index (Phi) is 9.07. The summed E-state index contributed by atoms with van der Waals surface area (Å²) in [5.74, 6) is 1.49. The van der Waals surface area contributed by atoms with Crippen LogP contribution < -0.4 is 5.32 Å². The van der Waals surface area contributed by atoms with E-state index in [0.717, 1.165) is 72.1 Å². The summed E-state index contributed by atoms with van der Waals surface area (Å²) in [6.45, 7) is 0. The molecule has 0 radical (unpaired) electrons. The van der Waals surface area contributed by atoms with Gasteiger partial charge in [-0.1, -0.05) is 200 Å². The number of furan rings is 1. The Bertz CT molecular complexity index is 3870. The van der Waals surface area contributed by atoms with Crippen LogP contribution in [0.5, 0.6) is 0 Å². The van der Waals surface area contributed by atoms with Gasteiger partial charge in [0.05, 0.1) is 0 Å². The standard InChI is InChI=1S/C61H39N3OS/c1-3-12-38(13-4-1)39-22-24-40(25-23-39)41-26-28-42(29-27-41)48-34-35-53-57(52-36-46-16-7-8-17-47(46)37-54(52)65-53)56(48)43-30-32-45(33-31-43)60-62-59(44-14-5-2-6-15-44)63-61(64-60)51-20-11-19-50-49-18-9-10-21-55(49)66-58(50)51/h1-37,61H,(H,62,63,64). The Labute approximate surface area is 385 Å². The Morgan fingerprint density at radius 3 is 1.73 bits per heavy atom. The Balaban J connectivity index is 0.917. The molecule has 12 aromatic rings. The fourth-order valence-electron chi connectivity index (χ4n) is 9.67. The number of amidine groups is 2. The zero-order chi connectivity index (χ0) is 43.6. The van der Waals surface area contributed by atoms with Crippen molar-refractivity contribution in [2.24, 2.45) is 9.98 Å². The quantitative estimate of drug-likeness (QED) is 0.174. The van der Waals surface area contributed by atoms with Crippen molar-refractivity contribution in [1.29, 1.82) is 0 Å². The minimum absolute atomic E-state index is 0.332. The van der Waals surface area contributed by atoms with Crippen molar-refractivity contribution in [2.45, 2.75) is 6.17 Å². The Morgan fingerprint density at radius 2 is 1.00 bits per heavy atom. The van der Waals surface area contributed by atoms with Crippen molar-refractivity contribution in [3.05, 3.63) is 241 Å². The van der Waals surface area contributed by atoms with Gasteiger partial charge < -0.3 is 9.73 Å². The molecule has 1 N–H and O–H groups in total. The number of benzene rings is 10. The molecule has 0 saturated heterocycles. The van der Waals surface area contributed by atoms with Gasteiger partial charge in [0.15, 0.2) is 5.84 Å². The minimum Gasteiger partial charge on any atom is -0.456 e. The molecule has 0 spiro atoms. The monoisotopic (exact) mass is 861 g/mol. The lowest BCUT2D eigenvalue weighted by Gasteiger charge is -2.24. The Morgan fingerprint density at radius 1 is 0.424 bits per heavy atom. The van der Waals surface area contributed by atoms with Gasteiger partial charge in [-0.2, -0.15) is 0 Å². The van der Waals surface area contributed by atoms with Crippen LogP contribution in [0.4, 0.5) is 0 Å². The van der Waals surface area contributed by atoms with Crippen LogP contribution in [-0.2, 0) is 0 Å². The van der Waals surface area contributed by atoms with Crippen molar-refractivity contribution >= 4 is 75.9 Å². The summed E-state index contributed by atoms with van der Waals surface area (Å²) in [7, 11) is 0. The number of nitrogens with zero attached hydrogens (tertiary/aromatic N) is 2. The van der Waals surface area contributed by atoms with Gasteiger partial charge in [0.25, 0.3) is 0 Å². The highest BCUT2D eigenvalue weighted by Crippen LogP contribution is 2.45. The molecular weight excluding hydrogens is 823 g/mol. The summed E-state index contributed by atoms with van der Waals surface area (Å²) >= 11 is 1.82. The lowest BCUT2D eigenvalue weighted by molar-refractivity contribution is 0.669. The van der Waals surface area contributed by atoms with E-state index in [9.17, 15) is 0 Å². The molecule has 1 aliphatic heterocycles. The van der Waals surface area contributed by atoms with Crippen LogP contribution >= 0.6 is 11.3 Å².